The van der Waals surface area contributed by atoms with Crippen molar-refractivity contribution in [3.63, 3.8) is 0 Å². The molecule has 1 aliphatic heterocycles. The molecule has 0 bridgehead atoms. The summed E-state index contributed by atoms with van der Waals surface area (Å²) < 4.78 is 42.8. The number of likely N-dealkylation sites (N-methyl/N-ethyl adjacent to an activating group) is 1. The number of nitrogens with one attached hydrogen (secondary N) is 1. The van der Waals surface area contributed by atoms with Crippen molar-refractivity contribution in [2.75, 3.05) is 66.0 Å². The van der Waals surface area contributed by atoms with E-state index in [0.29, 0.717) is 23.5 Å². The molecule has 2 aromatic rings. The van der Waals surface area contributed by atoms with E-state index >= 15 is 0 Å². The van der Waals surface area contributed by atoms with Crippen molar-refractivity contribution < 1.29 is 32.2 Å². The quantitative estimate of drug-likeness (QED) is 0.384. The lowest BCUT2D eigenvalue weighted by atomic mass is 10.0. The molecular weight excluding hydrogens is 542 g/mol. The molecule has 0 aliphatic carbocycles. The van der Waals surface area contributed by atoms with Crippen molar-refractivity contribution in [3.05, 3.63) is 45.8 Å². The van der Waals surface area contributed by atoms with Gasteiger partial charge in [0.05, 0.1) is 30.3 Å². The summed E-state index contributed by atoms with van der Waals surface area (Å²) in [4.78, 5) is 29.0. The van der Waals surface area contributed by atoms with E-state index in [-0.39, 0.29) is 55.8 Å². The zero-order chi connectivity index (χ0) is 26.3. The summed E-state index contributed by atoms with van der Waals surface area (Å²) >= 11 is 1.37. The van der Waals surface area contributed by atoms with Crippen LogP contribution in [0.2, 0.25) is 0 Å². The average Bonchev–Trinajstić information content (AvgIpc) is 3.20. The topological polar surface area (TPSA) is 114 Å². The zero-order valence-electron chi connectivity index (χ0n) is 21.4. The monoisotopic (exact) mass is 575 g/mol. The first kappa shape index (κ1) is 31.2. The van der Waals surface area contributed by atoms with Crippen LogP contribution in [0.1, 0.15) is 38.1 Å². The zero-order valence-corrected chi connectivity index (χ0v) is 23.9. The van der Waals surface area contributed by atoms with Crippen LogP contribution in [0.3, 0.4) is 0 Å². The van der Waals surface area contributed by atoms with E-state index in [0.717, 1.165) is 17.0 Å². The number of esters is 1. The molecular formula is C24H34ClN3O7S2. The average molecular weight is 576 g/mol. The Kier molecular flexibility index (Phi) is 12.0. The molecule has 0 saturated heterocycles. The van der Waals surface area contributed by atoms with Gasteiger partial charge in [0.25, 0.3) is 5.91 Å². The fraction of sp³-hybridized carbons (Fsp3) is 0.500. The molecule has 1 aromatic carbocycles. The summed E-state index contributed by atoms with van der Waals surface area (Å²) in [5, 5.41) is 3.29. The van der Waals surface area contributed by atoms with Gasteiger partial charge in [-0.2, -0.15) is 4.31 Å². The molecule has 1 N–H and O–H groups in total. The second-order valence-electron chi connectivity index (χ2n) is 8.28. The van der Waals surface area contributed by atoms with Gasteiger partial charge >= 0.3 is 5.97 Å². The van der Waals surface area contributed by atoms with E-state index in [9.17, 15) is 18.0 Å². The van der Waals surface area contributed by atoms with Crippen LogP contribution < -0.4 is 5.32 Å². The Labute approximate surface area is 228 Å². The number of hydrogen-bond donors (Lipinski definition) is 1. The highest BCUT2D eigenvalue weighted by Crippen LogP contribution is 2.37. The molecule has 0 unspecified atom stereocenters. The third-order valence-corrected chi connectivity index (χ3v) is 8.84. The van der Waals surface area contributed by atoms with Gasteiger partial charge in [0.1, 0.15) is 5.00 Å². The van der Waals surface area contributed by atoms with Crippen LogP contribution in [0.4, 0.5) is 5.00 Å². The maximum Gasteiger partial charge on any atom is 0.341 e. The predicted molar refractivity (Wildman–Crippen MR) is 144 cm³/mol. The predicted octanol–water partition coefficient (Wildman–Crippen LogP) is 2.87. The van der Waals surface area contributed by atoms with Gasteiger partial charge < -0.3 is 24.4 Å². The highest BCUT2D eigenvalue weighted by molar-refractivity contribution is 7.89. The summed E-state index contributed by atoms with van der Waals surface area (Å²) in [6.07, 6.45) is 0.696. The first-order valence-electron chi connectivity index (χ1n) is 11.6. The van der Waals surface area contributed by atoms with Crippen molar-refractivity contribution >= 4 is 50.6 Å². The van der Waals surface area contributed by atoms with Crippen molar-refractivity contribution in [2.24, 2.45) is 0 Å². The fourth-order valence-corrected chi connectivity index (χ4v) is 6.60. The lowest BCUT2D eigenvalue weighted by Crippen LogP contribution is -2.36. The van der Waals surface area contributed by atoms with Gasteiger partial charge in [-0.15, -0.1) is 23.7 Å². The molecule has 0 saturated carbocycles. The lowest BCUT2D eigenvalue weighted by Gasteiger charge is -2.22. The van der Waals surface area contributed by atoms with Crippen LogP contribution in [-0.4, -0.2) is 90.2 Å². The maximum absolute atomic E-state index is 13.1. The molecule has 0 radical (unpaired) electrons. The Bertz CT molecular complexity index is 1160. The number of carbonyl (C=O) groups is 2. The molecule has 1 aliphatic rings. The van der Waals surface area contributed by atoms with Crippen LogP contribution in [0.25, 0.3) is 0 Å². The van der Waals surface area contributed by atoms with Gasteiger partial charge in [0.15, 0.2) is 0 Å². The summed E-state index contributed by atoms with van der Waals surface area (Å²) in [7, 11) is 1.21. The number of hydrogen-bond acceptors (Lipinski definition) is 9. The number of thiophene rings is 1. The van der Waals surface area contributed by atoms with Crippen molar-refractivity contribution in [1.29, 1.82) is 0 Å². The SMILES string of the molecule is CCOC(=O)c1c(NC(=O)c2ccc(S(=O)(=O)N(CCOC)CCOC)cc2)sc2c1CCN(C)C2.Cl. The summed E-state index contributed by atoms with van der Waals surface area (Å²) in [5.41, 5.74) is 1.59. The molecule has 206 valence electrons. The number of nitrogens with zero attached hydrogens (tertiary/aromatic N) is 2. The van der Waals surface area contributed by atoms with Gasteiger partial charge in [0.2, 0.25) is 10.0 Å². The minimum atomic E-state index is -3.80. The van der Waals surface area contributed by atoms with Crippen molar-refractivity contribution in [1.82, 2.24) is 9.21 Å². The van der Waals surface area contributed by atoms with E-state index in [1.807, 2.05) is 7.05 Å². The van der Waals surface area contributed by atoms with Gasteiger partial charge in [-0.1, -0.05) is 0 Å². The smallest absolute Gasteiger partial charge is 0.341 e. The number of amides is 1. The molecule has 0 spiro atoms. The highest BCUT2D eigenvalue weighted by atomic mass is 35.5. The van der Waals surface area contributed by atoms with E-state index in [2.05, 4.69) is 10.2 Å². The highest BCUT2D eigenvalue weighted by Gasteiger charge is 2.29. The van der Waals surface area contributed by atoms with Crippen molar-refractivity contribution in [2.45, 2.75) is 24.8 Å². The van der Waals surface area contributed by atoms with Gasteiger partial charge in [0, 0.05) is 50.8 Å². The molecule has 2 heterocycles. The first-order chi connectivity index (χ1) is 17.2. The van der Waals surface area contributed by atoms with Gasteiger partial charge in [-0.05, 0) is 50.2 Å². The Hall–Kier alpha value is -2.06. The molecule has 3 rings (SSSR count). The standard InChI is InChI=1S/C24H33N3O7S2.ClH/c1-5-34-24(29)21-19-10-11-26(2)16-20(19)35-23(21)25-22(28)17-6-8-18(9-7-17)36(30,31)27(12-14-32-3)13-15-33-4;/h6-9H,5,10-16H2,1-4H3,(H,25,28);1H. The number of benzene rings is 1. The maximum atomic E-state index is 13.1. The Balaban J connectivity index is 0.00000481. The van der Waals surface area contributed by atoms with Crippen LogP contribution >= 0.6 is 23.7 Å². The molecule has 1 aromatic heterocycles. The third kappa shape index (κ3) is 7.50. The van der Waals surface area contributed by atoms with E-state index < -0.39 is 21.9 Å². The van der Waals surface area contributed by atoms with Crippen LogP contribution in [0, 0.1) is 0 Å². The number of halogens is 1. The first-order valence-corrected chi connectivity index (χ1v) is 13.9. The molecule has 13 heteroatoms. The summed E-state index contributed by atoms with van der Waals surface area (Å²) in [6.45, 7) is 4.32. The molecule has 10 nitrogen and oxygen atoms in total. The Morgan fingerprint density at radius 1 is 1.11 bits per heavy atom. The van der Waals surface area contributed by atoms with E-state index in [1.54, 1.807) is 6.92 Å². The number of methoxy groups -OCH3 is 2. The Morgan fingerprint density at radius 2 is 1.73 bits per heavy atom. The molecule has 0 atom stereocenters. The van der Waals surface area contributed by atoms with E-state index in [1.165, 1.54) is 54.1 Å². The number of anilines is 1. The number of carbonyl (C=O) groups excluding carboxylic acids is 2. The second kappa shape index (κ2) is 14.2. The van der Waals surface area contributed by atoms with Crippen LogP contribution in [-0.2, 0) is 37.2 Å². The number of rotatable bonds is 12. The number of sulfonamides is 1. The number of fused-ring (bicyclic) bond motifs is 1. The minimum absolute atomic E-state index is 0. The van der Waals surface area contributed by atoms with E-state index in [4.69, 9.17) is 14.2 Å². The summed E-state index contributed by atoms with van der Waals surface area (Å²) in [5.74, 6) is -0.893. The number of ether oxygens (including phenoxy) is 3. The largest absolute Gasteiger partial charge is 0.462 e. The Morgan fingerprint density at radius 3 is 2.30 bits per heavy atom. The molecule has 0 fully saturated rings. The third-order valence-electron chi connectivity index (χ3n) is 5.80. The summed E-state index contributed by atoms with van der Waals surface area (Å²) in [6, 6.07) is 5.71. The van der Waals surface area contributed by atoms with Crippen LogP contribution in [0.15, 0.2) is 29.2 Å². The van der Waals surface area contributed by atoms with Gasteiger partial charge in [-0.25, -0.2) is 13.2 Å². The second-order valence-corrected chi connectivity index (χ2v) is 11.3. The molecule has 1 amide bonds. The molecule has 37 heavy (non-hydrogen) atoms. The fourth-order valence-electron chi connectivity index (χ4n) is 3.88. The van der Waals surface area contributed by atoms with Crippen molar-refractivity contribution in [3.8, 4) is 0 Å². The lowest BCUT2D eigenvalue weighted by molar-refractivity contribution is 0.0526. The normalized spacial score (nSPS) is 13.6. The minimum Gasteiger partial charge on any atom is -0.462 e. The van der Waals surface area contributed by atoms with Crippen LogP contribution in [0.5, 0.6) is 0 Å². The van der Waals surface area contributed by atoms with Gasteiger partial charge in [-0.3, -0.25) is 4.79 Å².